The minimum atomic E-state index is -1.14. The van der Waals surface area contributed by atoms with Gasteiger partial charge < -0.3 is 0 Å². The number of hydrogen-bond donors (Lipinski definition) is 0. The van der Waals surface area contributed by atoms with Crippen molar-refractivity contribution in [3.05, 3.63) is 0 Å². The molecule has 0 aromatic rings. The van der Waals surface area contributed by atoms with Gasteiger partial charge in [-0.05, 0) is 342 Å². The van der Waals surface area contributed by atoms with Crippen molar-refractivity contribution in [1.82, 2.24) is 0 Å². The SMILES string of the molecule is C1CCC(P(C2CCCCC2)C2CCCCC2)CC1.C1CCC(P(C2CCCCC2)C2CCCCC2)CC1.C1CCC(P(C2CCCCC2)C2CCCCC2)CC1.C1CCC(P(C2CCCCC2)C2CCCCC2)CC1.C1CCC(P(C2CCCCC2)C2CCCCC2)CC1.C1CCC(P(C2CCCCC2)C2CCCCC2)CC1.C[Si](C)(C)C1([Si](C)(C)C)CCC([Si](C)(C)C)([Si](C)(C)C)[Si]1.[Pd].[Pd]. The van der Waals surface area contributed by atoms with Crippen molar-refractivity contribution in [2.24, 2.45) is 0 Å². The topological polar surface area (TPSA) is 0 Å². The zero-order chi connectivity index (χ0) is 94.6. The second-order valence-electron chi connectivity index (χ2n) is 55.4. The second kappa shape index (κ2) is 65.1. The van der Waals surface area contributed by atoms with E-state index in [1.165, 1.54) is 227 Å². The van der Waals surface area contributed by atoms with Crippen LogP contribution >= 0.6 is 47.5 Å². The Labute approximate surface area is 901 Å². The molecule has 0 unspecified atom stereocenters. The molecule has 19 fully saturated rings. The molecule has 0 aromatic carbocycles. The molecular formula is C124H238P6Pd2Si5. The standard InChI is InChI=1S/6C18H33P.C16H40Si5.2Pd/c6*1-4-10-16(11-5-1)19(17-12-6-2-7-13-17)18-14-8-3-9-15-18;1-18(2,3)15(19(4,5)6)13-14-16(17-15,20(7,8)9)21(10,11)12;;/h6*16-18H,1-15H2;13-14H2,1-12H3;;. The van der Waals surface area contributed by atoms with Gasteiger partial charge in [-0.3, -0.25) is 0 Å². The summed E-state index contributed by atoms with van der Waals surface area (Å²) in [4.78, 5) is 0. The predicted molar refractivity (Wildman–Crippen MR) is 639 cm³/mol. The average molecular weight is 2270 g/mol. The largest absolute Gasteiger partial charge is 0.0971 e. The van der Waals surface area contributed by atoms with E-state index in [1.54, 1.807) is 475 Å². The van der Waals surface area contributed by atoms with Crippen LogP contribution in [-0.4, -0.2) is 144 Å². The van der Waals surface area contributed by atoms with Gasteiger partial charge in [0.05, 0.1) is 0 Å². The third-order valence-electron chi connectivity index (χ3n) is 42.4. The molecule has 137 heavy (non-hydrogen) atoms. The minimum absolute atomic E-state index is 0. The third-order valence-corrected chi connectivity index (χ3v) is 98.9. The van der Waals surface area contributed by atoms with Gasteiger partial charge in [-0.1, -0.05) is 486 Å². The fourth-order valence-corrected chi connectivity index (χ4v) is 96.4. The summed E-state index contributed by atoms with van der Waals surface area (Å²) in [7, 11) is -0.958. The van der Waals surface area contributed by atoms with Gasteiger partial charge in [-0.25, -0.2) is 0 Å². The number of hydrogen-bond acceptors (Lipinski definition) is 0. The van der Waals surface area contributed by atoms with Crippen molar-refractivity contribution in [2.75, 3.05) is 0 Å². The Hall–Kier alpha value is 4.99. The first-order chi connectivity index (χ1) is 65.6. The van der Waals surface area contributed by atoms with E-state index < -0.39 is 32.3 Å². The Bertz CT molecular complexity index is 2270. The first kappa shape index (κ1) is 122. The van der Waals surface area contributed by atoms with Crippen molar-refractivity contribution < 1.29 is 40.8 Å². The normalized spacial score (nSPS) is 27.6. The van der Waals surface area contributed by atoms with Crippen LogP contribution < -0.4 is 0 Å². The van der Waals surface area contributed by atoms with Crippen molar-refractivity contribution in [1.29, 1.82) is 0 Å². The molecule has 0 aromatic heterocycles. The summed E-state index contributed by atoms with van der Waals surface area (Å²) < 4.78 is 1.58. The van der Waals surface area contributed by atoms with E-state index in [1.807, 2.05) is 0 Å². The maximum absolute atomic E-state index is 2.68. The molecule has 0 nitrogen and oxygen atoms in total. The van der Waals surface area contributed by atoms with Gasteiger partial charge in [0, 0.05) is 82.7 Å². The van der Waals surface area contributed by atoms with Gasteiger partial charge in [-0.2, -0.15) is 0 Å². The van der Waals surface area contributed by atoms with Gasteiger partial charge in [0.25, 0.3) is 0 Å². The van der Waals surface area contributed by atoms with Crippen LogP contribution in [0.15, 0.2) is 0 Å². The Morgan fingerprint density at radius 1 is 0.124 bits per heavy atom. The molecule has 18 saturated carbocycles. The van der Waals surface area contributed by atoms with E-state index in [2.05, 4.69) is 78.6 Å². The van der Waals surface area contributed by atoms with Crippen LogP contribution in [0.5, 0.6) is 0 Å². The molecule has 2 radical (unpaired) electrons. The molecule has 0 spiro atoms. The third kappa shape index (κ3) is 37.4. The fourth-order valence-electron chi connectivity index (χ4n) is 35.6. The van der Waals surface area contributed by atoms with E-state index in [-0.39, 0.29) is 40.8 Å². The molecule has 13 heteroatoms. The number of rotatable bonds is 22. The average Bonchev–Trinajstić information content (AvgIpc) is 1.54. The van der Waals surface area contributed by atoms with E-state index in [9.17, 15) is 0 Å². The molecule has 0 N–H and O–H groups in total. The minimum Gasteiger partial charge on any atom is -0.0971 e. The van der Waals surface area contributed by atoms with Gasteiger partial charge in [0.15, 0.2) is 0 Å². The molecule has 18 aliphatic carbocycles. The van der Waals surface area contributed by atoms with Crippen LogP contribution in [0.1, 0.15) is 591 Å². The zero-order valence-corrected chi connectivity index (χ0v) is 108. The van der Waals surface area contributed by atoms with Crippen LogP contribution in [0, 0.1) is 0 Å². The molecule has 19 rings (SSSR count). The molecule has 804 valence electrons. The van der Waals surface area contributed by atoms with Crippen LogP contribution in [0.4, 0.5) is 0 Å². The second-order valence-corrected chi connectivity index (χ2v) is 100. The quantitative estimate of drug-likeness (QED) is 0.0749. The monoisotopic (exact) mass is 2270 g/mol. The van der Waals surface area contributed by atoms with Gasteiger partial charge in [0.2, 0.25) is 0 Å². The summed E-state index contributed by atoms with van der Waals surface area (Å²) in [5.74, 6) is 0. The van der Waals surface area contributed by atoms with Gasteiger partial charge in [-0.15, -0.1) is 0 Å². The Morgan fingerprint density at radius 2 is 0.190 bits per heavy atom. The van der Waals surface area contributed by atoms with Crippen LogP contribution in [0.25, 0.3) is 0 Å². The maximum Gasteiger partial charge on any atom is 0.0448 e. The Kier molecular flexibility index (Phi) is 58.1. The molecule has 1 saturated heterocycles. The summed E-state index contributed by atoms with van der Waals surface area (Å²) in [5.41, 5.74) is 21.4. The predicted octanol–water partition coefficient (Wildman–Crippen LogP) is 45.1. The zero-order valence-electron chi connectivity index (χ0n) is 94.3. The summed E-state index contributed by atoms with van der Waals surface area (Å²) in [6, 6.07) is 0. The fraction of sp³-hybridized carbons (Fsp3) is 1.00. The first-order valence-corrected chi connectivity index (χ1v) is 88.3. The van der Waals surface area contributed by atoms with E-state index in [0.29, 0.717) is 47.5 Å². The van der Waals surface area contributed by atoms with Crippen LogP contribution in [0.3, 0.4) is 0 Å². The summed E-state index contributed by atoms with van der Waals surface area (Å²) in [5, 5.41) is 0. The van der Waals surface area contributed by atoms with E-state index in [0.717, 1.165) is 8.57 Å². The van der Waals surface area contributed by atoms with E-state index in [4.69, 9.17) is 0 Å². The van der Waals surface area contributed by atoms with Gasteiger partial charge >= 0.3 is 0 Å². The summed E-state index contributed by atoms with van der Waals surface area (Å²) in [6.07, 6.45) is 145. The van der Waals surface area contributed by atoms with Crippen LogP contribution in [-0.2, 0) is 40.8 Å². The van der Waals surface area contributed by atoms with Crippen molar-refractivity contribution in [2.45, 2.75) is 780 Å². The summed E-state index contributed by atoms with van der Waals surface area (Å²) >= 11 is 0. The van der Waals surface area contributed by atoms with Crippen LogP contribution in [0.2, 0.25) is 87.1 Å². The Morgan fingerprint density at radius 3 is 0.241 bits per heavy atom. The van der Waals surface area contributed by atoms with Gasteiger partial charge in [0.1, 0.15) is 0 Å². The van der Waals surface area contributed by atoms with Crippen molar-refractivity contribution in [3.8, 4) is 0 Å². The van der Waals surface area contributed by atoms with E-state index >= 15 is 0 Å². The molecule has 0 atom stereocenters. The molecule has 19 aliphatic rings. The van der Waals surface area contributed by atoms with Crippen molar-refractivity contribution in [3.63, 3.8) is 0 Å². The molecular weight excluding hydrogens is 2030 g/mol. The molecule has 1 aliphatic heterocycles. The molecule has 1 heterocycles. The summed E-state index contributed by atoms with van der Waals surface area (Å²) in [6.45, 7) is 32.2. The first-order valence-electron chi connectivity index (χ1n) is 64.1. The Balaban J connectivity index is 0.000000153. The molecule has 0 amide bonds. The smallest absolute Gasteiger partial charge is 0.0448 e. The maximum atomic E-state index is 2.68. The molecule has 0 bridgehead atoms. The van der Waals surface area contributed by atoms with Crippen molar-refractivity contribution >= 4 is 89.3 Å².